The molecule has 23 aromatic rings. The molecule has 12 nitrogen and oxygen atoms in total. The SMILES string of the molecule is Fc1ccc(-c2ccc(N(c3ccc4c(c3)Oc3ccccc3O4)c3ccc4c(c3)c3ccccc3n4-c3ccccc3)cc2)cc1.c1ccc(-c2ccc(N(c3ccc4c(c3)Oc3ccccc3O4)c3ccc4c(c3)c3ccccc3n4-c3ccccc3)cc2)cc1.c1ccc(N(c2ccc3c(c2)Oc2ccccc2O3)c2ccc3c(c2)c2ccccc2n3-c2ccccc2)cc1. The Morgan fingerprint density at radius 3 is 0.677 bits per heavy atom. The Bertz CT molecular complexity index is 8340. The van der Waals surface area contributed by atoms with Crippen molar-refractivity contribution >= 4 is 117 Å². The number of fused-ring (bicyclic) bond motifs is 15. The Morgan fingerprint density at radius 2 is 0.361 bits per heavy atom. The van der Waals surface area contributed by atoms with Gasteiger partial charge in [-0.15, -0.1) is 0 Å². The van der Waals surface area contributed by atoms with Crippen LogP contribution < -0.4 is 43.1 Å². The van der Waals surface area contributed by atoms with Crippen LogP contribution in [0.15, 0.2) is 479 Å². The standard InChI is InChI=1S/C42H27FN2O2.C42H28N2O2.C36H24N2O2/c43-30-18-14-28(15-19-30)29-16-20-32(21-17-29)44(34-23-25-41-42(27-34)47-40-13-7-6-12-39(40)46-41)33-22-24-38-36(26-33)35-10-4-5-11-37(35)45(38)31-8-2-1-3-9-31;1-3-11-29(12-4-1)30-19-21-32(22-20-30)43(34-24-26-41-42(28-34)46-40-18-10-9-17-39(40)45-41)33-23-25-38-36(27-33)35-15-7-8-16-37(35)44(38)31-13-5-2-6-14-31;1-3-11-25(12-4-1)37(28-20-22-35-36(24-28)40-34-18-10-9-17-33(34)39-35)27-19-21-32-30(23-27)29-15-7-8-16-31(29)38(32)26-13-5-2-6-14-26/h1-27H;1-28H;1-24H. The van der Waals surface area contributed by atoms with Crippen molar-refractivity contribution < 1.29 is 32.8 Å². The first-order valence-corrected chi connectivity index (χ1v) is 44.3. The molecule has 20 aromatic carbocycles. The number of rotatable bonds is 14. The lowest BCUT2D eigenvalue weighted by Crippen LogP contribution is -2.10. The Morgan fingerprint density at radius 1 is 0.150 bits per heavy atom. The predicted molar refractivity (Wildman–Crippen MR) is 537 cm³/mol. The molecule has 13 heteroatoms. The maximum Gasteiger partial charge on any atom is 0.172 e. The second-order valence-corrected chi connectivity index (χ2v) is 32.8. The van der Waals surface area contributed by atoms with Gasteiger partial charge < -0.3 is 56.8 Å². The molecule has 0 unspecified atom stereocenters. The Labute approximate surface area is 766 Å². The maximum absolute atomic E-state index is 13.6. The number of anilines is 9. The van der Waals surface area contributed by atoms with E-state index in [0.717, 1.165) is 113 Å². The highest BCUT2D eigenvalue weighted by atomic mass is 19.1. The van der Waals surface area contributed by atoms with Gasteiger partial charge in [-0.1, -0.05) is 231 Å². The summed E-state index contributed by atoms with van der Waals surface area (Å²) in [5, 5.41) is 7.15. The molecule has 0 saturated carbocycles. The van der Waals surface area contributed by atoms with Gasteiger partial charge in [0.2, 0.25) is 0 Å². The lowest BCUT2D eigenvalue weighted by atomic mass is 10.0. The topological polar surface area (TPSA) is 79.9 Å². The summed E-state index contributed by atoms with van der Waals surface area (Å²) < 4.78 is 58.0. The number of halogens is 1. The summed E-state index contributed by atoms with van der Waals surface area (Å²) in [5.74, 6) is 8.10. The minimum absolute atomic E-state index is 0.248. The highest BCUT2D eigenvalue weighted by Crippen LogP contribution is 2.54. The molecule has 0 N–H and O–H groups in total. The third-order valence-electron chi connectivity index (χ3n) is 24.8. The van der Waals surface area contributed by atoms with Crippen molar-refractivity contribution in [1.82, 2.24) is 13.7 Å². The first kappa shape index (κ1) is 78.4. The molecule has 3 aliphatic heterocycles. The monoisotopic (exact) mass is 1720 g/mol. The van der Waals surface area contributed by atoms with E-state index in [2.05, 4.69) is 368 Å². The maximum atomic E-state index is 13.6. The van der Waals surface area contributed by atoms with Gasteiger partial charge in [-0.05, 0) is 253 Å². The van der Waals surface area contributed by atoms with Gasteiger partial charge in [0, 0.05) is 102 Å². The summed E-state index contributed by atoms with van der Waals surface area (Å²) >= 11 is 0. The van der Waals surface area contributed by atoms with Crippen LogP contribution in [0.4, 0.5) is 55.6 Å². The fourth-order valence-corrected chi connectivity index (χ4v) is 18.6. The summed E-state index contributed by atoms with van der Waals surface area (Å²) in [5.41, 5.74) is 23.8. The van der Waals surface area contributed by atoms with Crippen molar-refractivity contribution in [3.63, 3.8) is 0 Å². The summed E-state index contributed by atoms with van der Waals surface area (Å²) in [6, 6.07) is 163. The van der Waals surface area contributed by atoms with E-state index in [1.54, 1.807) is 12.1 Å². The van der Waals surface area contributed by atoms with Crippen LogP contribution in [0, 0.1) is 5.82 Å². The van der Waals surface area contributed by atoms with Crippen LogP contribution in [-0.2, 0) is 0 Å². The number of ether oxygens (including phenoxy) is 6. The van der Waals surface area contributed by atoms with Crippen molar-refractivity contribution in [1.29, 1.82) is 0 Å². The minimum atomic E-state index is -0.248. The van der Waals surface area contributed by atoms with E-state index in [4.69, 9.17) is 28.4 Å². The molecule has 0 bridgehead atoms. The summed E-state index contributed by atoms with van der Waals surface area (Å²) in [7, 11) is 0. The number of aromatic nitrogens is 3. The second kappa shape index (κ2) is 33.6. The molecular formula is C120H79FN6O6. The molecular weight excluding hydrogens is 1640 g/mol. The van der Waals surface area contributed by atoms with Gasteiger partial charge in [-0.25, -0.2) is 4.39 Å². The zero-order valence-electron chi connectivity index (χ0n) is 71.6. The van der Waals surface area contributed by atoms with Gasteiger partial charge in [-0.2, -0.15) is 0 Å². The van der Waals surface area contributed by atoms with Gasteiger partial charge in [-0.3, -0.25) is 0 Å². The van der Waals surface area contributed by atoms with Crippen molar-refractivity contribution in [3.8, 4) is 108 Å². The lowest BCUT2D eigenvalue weighted by Gasteiger charge is -2.28. The number of benzene rings is 20. The molecule has 3 aromatic heterocycles. The average Bonchev–Trinajstić information content (AvgIpc) is 1.59. The first-order valence-electron chi connectivity index (χ1n) is 44.3. The normalized spacial score (nSPS) is 11.9. The van der Waals surface area contributed by atoms with Crippen LogP contribution in [0.25, 0.3) is 105 Å². The molecule has 0 fully saturated rings. The largest absolute Gasteiger partial charge is 0.450 e. The van der Waals surface area contributed by atoms with E-state index in [1.807, 2.05) is 115 Å². The van der Waals surface area contributed by atoms with E-state index in [-0.39, 0.29) is 5.82 Å². The lowest BCUT2D eigenvalue weighted by molar-refractivity contribution is 0.360. The summed E-state index contributed by atoms with van der Waals surface area (Å²) in [6.45, 7) is 0. The highest BCUT2D eigenvalue weighted by Gasteiger charge is 2.29. The van der Waals surface area contributed by atoms with Crippen molar-refractivity contribution in [2.45, 2.75) is 0 Å². The molecule has 0 saturated heterocycles. The predicted octanol–water partition coefficient (Wildman–Crippen LogP) is 33.9. The fourth-order valence-electron chi connectivity index (χ4n) is 18.6. The third kappa shape index (κ3) is 14.7. The Kier molecular flexibility index (Phi) is 19.8. The van der Waals surface area contributed by atoms with Crippen molar-refractivity contribution in [3.05, 3.63) is 485 Å². The molecule has 0 amide bonds. The average molecular weight is 1720 g/mol. The minimum Gasteiger partial charge on any atom is -0.450 e. The van der Waals surface area contributed by atoms with Crippen LogP contribution in [0.5, 0.6) is 69.0 Å². The van der Waals surface area contributed by atoms with Gasteiger partial charge in [0.05, 0.1) is 50.2 Å². The van der Waals surface area contributed by atoms with E-state index >= 15 is 0 Å². The zero-order valence-corrected chi connectivity index (χ0v) is 71.6. The van der Waals surface area contributed by atoms with E-state index < -0.39 is 0 Å². The van der Waals surface area contributed by atoms with E-state index in [0.29, 0.717) is 57.5 Å². The molecule has 0 aliphatic carbocycles. The summed E-state index contributed by atoms with van der Waals surface area (Å²) in [4.78, 5) is 6.78. The number of nitrogens with zero attached hydrogens (tertiary/aromatic N) is 6. The van der Waals surface area contributed by atoms with Crippen LogP contribution >= 0.6 is 0 Å². The van der Waals surface area contributed by atoms with Crippen LogP contribution in [0.2, 0.25) is 0 Å². The van der Waals surface area contributed by atoms with Gasteiger partial charge in [0.1, 0.15) is 5.82 Å². The Balaban J connectivity index is 0.000000110. The third-order valence-corrected chi connectivity index (χ3v) is 24.8. The number of para-hydroxylation sites is 13. The highest BCUT2D eigenvalue weighted by molar-refractivity contribution is 6.13. The molecule has 133 heavy (non-hydrogen) atoms. The molecule has 0 spiro atoms. The molecule has 26 rings (SSSR count). The van der Waals surface area contributed by atoms with Gasteiger partial charge in [0.15, 0.2) is 69.0 Å². The first-order chi connectivity index (χ1) is 65.8. The van der Waals surface area contributed by atoms with Crippen molar-refractivity contribution in [2.24, 2.45) is 0 Å². The van der Waals surface area contributed by atoms with Gasteiger partial charge in [0.25, 0.3) is 0 Å². The zero-order chi connectivity index (χ0) is 88.2. The molecule has 0 atom stereocenters. The molecule has 6 heterocycles. The van der Waals surface area contributed by atoms with Crippen LogP contribution in [0.3, 0.4) is 0 Å². The van der Waals surface area contributed by atoms with E-state index in [1.165, 1.54) is 66.7 Å². The van der Waals surface area contributed by atoms with Crippen LogP contribution in [0.1, 0.15) is 0 Å². The molecule has 632 valence electrons. The summed E-state index contributed by atoms with van der Waals surface area (Å²) in [6.07, 6.45) is 0. The fraction of sp³-hybridized carbons (Fsp3) is 0. The smallest absolute Gasteiger partial charge is 0.172 e. The Hall–Kier alpha value is -18.1. The van der Waals surface area contributed by atoms with E-state index in [9.17, 15) is 4.39 Å². The second-order valence-electron chi connectivity index (χ2n) is 32.8. The molecule has 0 radical (unpaired) electrons. The number of hydrogen-bond acceptors (Lipinski definition) is 9. The molecule has 3 aliphatic rings. The van der Waals surface area contributed by atoms with Crippen LogP contribution in [-0.4, -0.2) is 13.7 Å². The quantitative estimate of drug-likeness (QED) is 0.106. The van der Waals surface area contributed by atoms with Crippen molar-refractivity contribution in [2.75, 3.05) is 14.7 Å². The van der Waals surface area contributed by atoms with Gasteiger partial charge >= 0.3 is 0 Å². The number of hydrogen-bond donors (Lipinski definition) is 0.